The number of allylic oxidation sites excluding steroid dienone is 4. The number of aryl methyl sites for hydroxylation is 1. The van der Waals surface area contributed by atoms with Crippen LogP contribution in [0.3, 0.4) is 0 Å². The van der Waals surface area contributed by atoms with Crippen molar-refractivity contribution in [2.75, 3.05) is 5.32 Å². The molecule has 3 heteroatoms. The summed E-state index contributed by atoms with van der Waals surface area (Å²) in [4.78, 5) is 4.20. The first-order valence-corrected chi connectivity index (χ1v) is 12.0. The van der Waals surface area contributed by atoms with Gasteiger partial charge >= 0.3 is 0 Å². The van der Waals surface area contributed by atoms with Crippen molar-refractivity contribution < 1.29 is 0 Å². The molecule has 0 saturated heterocycles. The van der Waals surface area contributed by atoms with E-state index in [1.54, 1.807) is 5.57 Å². The molecule has 33 heavy (non-hydrogen) atoms. The molecule has 0 aliphatic heterocycles. The van der Waals surface area contributed by atoms with E-state index in [0.717, 1.165) is 35.7 Å². The number of rotatable bonds is 4. The maximum atomic E-state index is 6.10. The van der Waals surface area contributed by atoms with Gasteiger partial charge in [0.25, 0.3) is 0 Å². The lowest BCUT2D eigenvalue weighted by Gasteiger charge is -2.27. The fraction of sp³-hybridized carbons (Fsp3) is 0.167. The Morgan fingerprint density at radius 2 is 1.70 bits per heavy atom. The van der Waals surface area contributed by atoms with Crippen molar-refractivity contribution in [1.29, 1.82) is 0 Å². The molecule has 0 fully saturated rings. The summed E-state index contributed by atoms with van der Waals surface area (Å²) in [7, 11) is 0. The van der Waals surface area contributed by atoms with Gasteiger partial charge in [-0.1, -0.05) is 47.5 Å². The lowest BCUT2D eigenvalue weighted by atomic mass is 9.78. The predicted octanol–water partition coefficient (Wildman–Crippen LogP) is 8.27. The van der Waals surface area contributed by atoms with Gasteiger partial charge in [-0.25, -0.2) is 0 Å². The first-order valence-electron chi connectivity index (χ1n) is 11.6. The number of pyridine rings is 1. The molecule has 0 bridgehead atoms. The van der Waals surface area contributed by atoms with Crippen LogP contribution in [0.2, 0.25) is 5.02 Å². The average molecular weight is 449 g/mol. The number of anilines is 2. The van der Waals surface area contributed by atoms with Crippen LogP contribution in [0, 0.1) is 0 Å². The Kier molecular flexibility index (Phi) is 5.24. The molecule has 162 valence electrons. The molecule has 0 unspecified atom stereocenters. The summed E-state index contributed by atoms with van der Waals surface area (Å²) in [6.45, 7) is 0. The van der Waals surface area contributed by atoms with Crippen LogP contribution < -0.4 is 5.32 Å². The van der Waals surface area contributed by atoms with Gasteiger partial charge in [0.05, 0.1) is 0 Å². The Hall–Kier alpha value is -3.36. The van der Waals surface area contributed by atoms with E-state index < -0.39 is 0 Å². The quantitative estimate of drug-likeness (QED) is 0.339. The second-order valence-electron chi connectivity index (χ2n) is 8.91. The number of halogens is 1. The van der Waals surface area contributed by atoms with Crippen LogP contribution in [0.1, 0.15) is 41.5 Å². The summed E-state index contributed by atoms with van der Waals surface area (Å²) in [5, 5.41) is 7.05. The Morgan fingerprint density at radius 3 is 2.55 bits per heavy atom. The van der Waals surface area contributed by atoms with Crippen LogP contribution >= 0.6 is 11.6 Å². The normalized spacial score (nSPS) is 14.8. The molecule has 4 aromatic rings. The molecule has 3 aromatic carbocycles. The van der Waals surface area contributed by atoms with E-state index >= 15 is 0 Å². The maximum Gasteiger partial charge on any atom is 0.0464 e. The third-order valence-corrected chi connectivity index (χ3v) is 7.14. The smallest absolute Gasteiger partial charge is 0.0464 e. The second kappa shape index (κ2) is 8.53. The van der Waals surface area contributed by atoms with E-state index in [4.69, 9.17) is 11.6 Å². The standard InChI is InChI=1S/C30H25ClN2/c31-23-7-9-24(10-8-23)33-29-14-6-22(19-20-15-17-32-18-16-20)30-27-11-5-21-3-1-2-4-25(21)26(27)12-13-28(29)30/h2,4,6-10,12-18,33H,1,3,5,11,19H2. The number of nitrogens with one attached hydrogen (secondary N) is 1. The van der Waals surface area contributed by atoms with Crippen LogP contribution in [0.4, 0.5) is 11.4 Å². The summed E-state index contributed by atoms with van der Waals surface area (Å²) < 4.78 is 0. The third-order valence-electron chi connectivity index (χ3n) is 6.89. The van der Waals surface area contributed by atoms with Gasteiger partial charge in [-0.3, -0.25) is 4.98 Å². The zero-order valence-electron chi connectivity index (χ0n) is 18.4. The molecule has 2 aliphatic rings. The number of hydrogen-bond acceptors (Lipinski definition) is 2. The molecule has 0 radical (unpaired) electrons. The highest BCUT2D eigenvalue weighted by Gasteiger charge is 2.22. The minimum absolute atomic E-state index is 0.747. The van der Waals surface area contributed by atoms with Crippen LogP contribution in [0.15, 0.2) is 90.8 Å². The van der Waals surface area contributed by atoms with Crippen LogP contribution in [-0.2, 0) is 12.8 Å². The van der Waals surface area contributed by atoms with Gasteiger partial charge in [0.2, 0.25) is 0 Å². The lowest BCUT2D eigenvalue weighted by molar-refractivity contribution is 0.830. The summed E-state index contributed by atoms with van der Waals surface area (Å²) in [6.07, 6.45) is 14.0. The summed E-state index contributed by atoms with van der Waals surface area (Å²) in [5.74, 6) is 0. The molecule has 2 nitrogen and oxygen atoms in total. The molecule has 1 aromatic heterocycles. The van der Waals surface area contributed by atoms with Crippen molar-refractivity contribution in [3.8, 4) is 0 Å². The predicted molar refractivity (Wildman–Crippen MR) is 139 cm³/mol. The number of fused-ring (bicyclic) bond motifs is 4. The molecule has 2 aliphatic carbocycles. The van der Waals surface area contributed by atoms with Gasteiger partial charge in [0.15, 0.2) is 0 Å². The van der Waals surface area contributed by atoms with Crippen molar-refractivity contribution in [1.82, 2.24) is 4.98 Å². The van der Waals surface area contributed by atoms with Gasteiger partial charge in [-0.2, -0.15) is 0 Å². The highest BCUT2D eigenvalue weighted by Crippen LogP contribution is 2.43. The molecule has 6 rings (SSSR count). The molecule has 0 saturated carbocycles. The summed E-state index contributed by atoms with van der Waals surface area (Å²) in [5.41, 5.74) is 10.8. The van der Waals surface area contributed by atoms with Gasteiger partial charge < -0.3 is 5.32 Å². The Morgan fingerprint density at radius 1 is 0.848 bits per heavy atom. The third kappa shape index (κ3) is 3.85. The lowest BCUT2D eigenvalue weighted by Crippen LogP contribution is -2.08. The summed E-state index contributed by atoms with van der Waals surface area (Å²) in [6, 6.07) is 21.3. The largest absolute Gasteiger partial charge is 0.355 e. The zero-order valence-corrected chi connectivity index (χ0v) is 19.2. The van der Waals surface area contributed by atoms with Crippen LogP contribution in [0.5, 0.6) is 0 Å². The topological polar surface area (TPSA) is 24.9 Å². The van der Waals surface area contributed by atoms with E-state index in [9.17, 15) is 0 Å². The SMILES string of the molecule is Clc1ccc(Nc2ccc(Cc3ccncc3)c3c4c(ccc23)C2=C(CCC=C2)CC4)cc1. The Balaban J connectivity index is 1.53. The molecule has 1 heterocycles. The van der Waals surface area contributed by atoms with Gasteiger partial charge in [-0.15, -0.1) is 0 Å². The maximum absolute atomic E-state index is 6.10. The van der Waals surface area contributed by atoms with Crippen LogP contribution in [-0.4, -0.2) is 4.98 Å². The molecule has 0 atom stereocenters. The monoisotopic (exact) mass is 448 g/mol. The van der Waals surface area contributed by atoms with Gasteiger partial charge in [-0.05, 0) is 108 Å². The minimum atomic E-state index is 0.747. The fourth-order valence-corrected chi connectivity index (χ4v) is 5.43. The average Bonchev–Trinajstić information content (AvgIpc) is 2.87. The van der Waals surface area contributed by atoms with Crippen LogP contribution in [0.25, 0.3) is 16.3 Å². The van der Waals surface area contributed by atoms with E-state index in [0.29, 0.717) is 0 Å². The number of benzene rings is 3. The zero-order chi connectivity index (χ0) is 22.2. The number of hydrogen-bond donors (Lipinski definition) is 1. The first kappa shape index (κ1) is 20.3. The van der Waals surface area contributed by atoms with Gasteiger partial charge in [0.1, 0.15) is 0 Å². The number of nitrogens with zero attached hydrogens (tertiary/aromatic N) is 1. The Labute approximate surface area is 199 Å². The van der Waals surface area contributed by atoms with E-state index in [2.05, 4.69) is 58.9 Å². The minimum Gasteiger partial charge on any atom is -0.355 e. The highest BCUT2D eigenvalue weighted by atomic mass is 35.5. The molecule has 0 spiro atoms. The first-order chi connectivity index (χ1) is 16.3. The molecular weight excluding hydrogens is 424 g/mol. The van der Waals surface area contributed by atoms with Crippen molar-refractivity contribution in [2.24, 2.45) is 0 Å². The molecular formula is C30H25ClN2. The Bertz CT molecular complexity index is 1400. The van der Waals surface area contributed by atoms with E-state index in [-0.39, 0.29) is 0 Å². The molecule has 1 N–H and O–H groups in total. The van der Waals surface area contributed by atoms with Gasteiger partial charge in [0, 0.05) is 34.2 Å². The van der Waals surface area contributed by atoms with Crippen molar-refractivity contribution >= 4 is 39.3 Å². The summed E-state index contributed by atoms with van der Waals surface area (Å²) >= 11 is 6.10. The second-order valence-corrected chi connectivity index (χ2v) is 9.35. The highest BCUT2D eigenvalue weighted by molar-refractivity contribution is 6.30. The van der Waals surface area contributed by atoms with Crippen molar-refractivity contribution in [3.05, 3.63) is 118 Å². The van der Waals surface area contributed by atoms with E-state index in [1.165, 1.54) is 51.4 Å². The van der Waals surface area contributed by atoms with Crippen molar-refractivity contribution in [3.63, 3.8) is 0 Å². The number of aromatic nitrogens is 1. The van der Waals surface area contributed by atoms with E-state index in [1.807, 2.05) is 36.7 Å². The molecule has 0 amide bonds. The fourth-order valence-electron chi connectivity index (χ4n) is 5.30. The van der Waals surface area contributed by atoms with Crippen molar-refractivity contribution in [2.45, 2.75) is 32.1 Å².